The van der Waals surface area contributed by atoms with E-state index in [1.165, 1.54) is 12.3 Å². The molecule has 7 nitrogen and oxygen atoms in total. The predicted molar refractivity (Wildman–Crippen MR) is 110 cm³/mol. The summed E-state index contributed by atoms with van der Waals surface area (Å²) in [6.45, 7) is 2.10. The largest absolute Gasteiger partial charge is 0.356 e. The van der Waals surface area contributed by atoms with Crippen LogP contribution in [0, 0.1) is 28.5 Å². The van der Waals surface area contributed by atoms with Crippen LogP contribution < -0.4 is 4.90 Å². The van der Waals surface area contributed by atoms with Crippen LogP contribution in [-0.4, -0.2) is 40.7 Å². The predicted octanol–water partition coefficient (Wildman–Crippen LogP) is 3.64. The zero-order valence-electron chi connectivity index (χ0n) is 16.7. The van der Waals surface area contributed by atoms with Gasteiger partial charge in [-0.3, -0.25) is 4.90 Å². The van der Waals surface area contributed by atoms with E-state index in [0.717, 1.165) is 30.6 Å². The van der Waals surface area contributed by atoms with Crippen LogP contribution in [0.2, 0.25) is 0 Å². The third-order valence-corrected chi connectivity index (χ3v) is 6.10. The zero-order chi connectivity index (χ0) is 21.4. The molecule has 0 saturated carbocycles. The molecule has 0 radical (unpaired) electrons. The van der Waals surface area contributed by atoms with E-state index in [4.69, 9.17) is 15.0 Å². The molecule has 4 heterocycles. The van der Waals surface area contributed by atoms with Crippen LogP contribution in [0.25, 0.3) is 11.3 Å². The zero-order valence-corrected chi connectivity index (χ0v) is 16.7. The van der Waals surface area contributed by atoms with Crippen molar-refractivity contribution in [2.24, 2.45) is 0 Å². The number of benzene rings is 1. The smallest absolute Gasteiger partial charge is 0.167 e. The molecule has 2 saturated heterocycles. The molecule has 0 aliphatic carbocycles. The van der Waals surface area contributed by atoms with E-state index in [9.17, 15) is 4.39 Å². The van der Waals surface area contributed by atoms with Gasteiger partial charge in [-0.25, -0.2) is 9.37 Å². The fourth-order valence-electron chi connectivity index (χ4n) is 4.61. The van der Waals surface area contributed by atoms with Crippen molar-refractivity contribution in [2.45, 2.75) is 24.9 Å². The number of halogens is 1. The molecule has 0 bridgehead atoms. The molecule has 2 aliphatic heterocycles. The summed E-state index contributed by atoms with van der Waals surface area (Å²) in [6.07, 6.45) is 3.34. The molecule has 0 N–H and O–H groups in total. The number of nitriles is 2. The van der Waals surface area contributed by atoms with E-state index in [-0.39, 0.29) is 17.6 Å². The number of rotatable bonds is 3. The van der Waals surface area contributed by atoms with Crippen molar-refractivity contribution in [3.63, 3.8) is 0 Å². The van der Waals surface area contributed by atoms with Crippen molar-refractivity contribution in [3.8, 4) is 23.5 Å². The maximum atomic E-state index is 14.4. The summed E-state index contributed by atoms with van der Waals surface area (Å²) < 4.78 is 20.0. The van der Waals surface area contributed by atoms with Crippen LogP contribution in [-0.2, 0) is 0 Å². The second-order valence-electron chi connectivity index (χ2n) is 7.88. The number of fused-ring (bicyclic) bond motifs is 1. The van der Waals surface area contributed by atoms with Gasteiger partial charge in [-0.1, -0.05) is 17.3 Å². The monoisotopic (exact) mass is 414 g/mol. The van der Waals surface area contributed by atoms with Gasteiger partial charge in [0.1, 0.15) is 11.8 Å². The average molecular weight is 414 g/mol. The van der Waals surface area contributed by atoms with Gasteiger partial charge in [-0.15, -0.1) is 0 Å². The number of pyridine rings is 1. The summed E-state index contributed by atoms with van der Waals surface area (Å²) in [6, 6.07) is 15.0. The second kappa shape index (κ2) is 7.82. The molecule has 0 unspecified atom stereocenters. The number of nitrogens with zero attached hydrogens (tertiary/aromatic N) is 6. The molecule has 31 heavy (non-hydrogen) atoms. The normalized spacial score (nSPS) is 20.8. The number of hydrogen-bond acceptors (Lipinski definition) is 7. The van der Waals surface area contributed by atoms with E-state index in [1.807, 2.05) is 29.2 Å². The highest BCUT2D eigenvalue weighted by Crippen LogP contribution is 2.39. The van der Waals surface area contributed by atoms with Gasteiger partial charge < -0.3 is 9.42 Å². The Labute approximate surface area is 178 Å². The van der Waals surface area contributed by atoms with Gasteiger partial charge in [-0.2, -0.15) is 10.5 Å². The van der Waals surface area contributed by atoms with Crippen molar-refractivity contribution in [1.82, 2.24) is 15.0 Å². The lowest BCUT2D eigenvalue weighted by atomic mass is 10.1. The van der Waals surface area contributed by atoms with Crippen molar-refractivity contribution in [1.29, 1.82) is 10.5 Å². The molecule has 3 aromatic rings. The van der Waals surface area contributed by atoms with Gasteiger partial charge in [0, 0.05) is 43.5 Å². The highest BCUT2D eigenvalue weighted by molar-refractivity contribution is 5.60. The minimum absolute atomic E-state index is 0.155. The summed E-state index contributed by atoms with van der Waals surface area (Å²) in [5, 5.41) is 22.3. The Bertz CT molecular complexity index is 1210. The molecule has 1 aromatic carbocycles. The first kappa shape index (κ1) is 19.2. The number of hydrogen-bond donors (Lipinski definition) is 0. The lowest BCUT2D eigenvalue weighted by Gasteiger charge is -2.40. The lowest BCUT2D eigenvalue weighted by Crippen LogP contribution is -2.51. The van der Waals surface area contributed by atoms with Gasteiger partial charge in [0.2, 0.25) is 0 Å². The first-order chi connectivity index (χ1) is 15.2. The topological polar surface area (TPSA) is 93.0 Å². The molecular weight excluding hydrogens is 395 g/mol. The highest BCUT2D eigenvalue weighted by atomic mass is 19.1. The molecule has 2 fully saturated rings. The number of anilines is 1. The molecule has 8 heteroatoms. The Hall–Kier alpha value is -3.75. The van der Waals surface area contributed by atoms with E-state index in [0.29, 0.717) is 30.2 Å². The summed E-state index contributed by atoms with van der Waals surface area (Å²) in [4.78, 5) is 8.54. The molecule has 5 rings (SSSR count). The van der Waals surface area contributed by atoms with Crippen LogP contribution in [0.1, 0.15) is 35.7 Å². The van der Waals surface area contributed by atoms with Gasteiger partial charge in [0.15, 0.2) is 17.4 Å². The molecule has 0 amide bonds. The van der Waals surface area contributed by atoms with Crippen LogP contribution in [0.5, 0.6) is 0 Å². The van der Waals surface area contributed by atoms with Crippen molar-refractivity contribution in [2.75, 3.05) is 24.5 Å². The minimum Gasteiger partial charge on any atom is -0.356 e. The quantitative estimate of drug-likeness (QED) is 0.646. The fourth-order valence-corrected chi connectivity index (χ4v) is 4.61. The van der Waals surface area contributed by atoms with Crippen LogP contribution in [0.4, 0.5) is 10.2 Å². The third-order valence-electron chi connectivity index (χ3n) is 6.10. The molecule has 2 atom stereocenters. The SMILES string of the molecule is N#Cc1cccc(-c2cc([C@@H]3CC[C@H]4CN(c5ncc(C#N)cc5F)CCN43)no2)c1. The fraction of sp³-hybridized carbons (Fsp3) is 0.304. The average Bonchev–Trinajstić information content (AvgIpc) is 3.45. The Balaban J connectivity index is 1.32. The van der Waals surface area contributed by atoms with Crippen molar-refractivity contribution < 1.29 is 8.91 Å². The van der Waals surface area contributed by atoms with Gasteiger partial charge in [0.25, 0.3) is 0 Å². The summed E-state index contributed by atoms with van der Waals surface area (Å²) in [5.74, 6) is 0.504. The summed E-state index contributed by atoms with van der Waals surface area (Å²) in [5.41, 5.74) is 2.52. The third kappa shape index (κ3) is 3.52. The maximum Gasteiger partial charge on any atom is 0.167 e. The Morgan fingerprint density at radius 2 is 1.94 bits per heavy atom. The molecule has 154 valence electrons. The van der Waals surface area contributed by atoms with Gasteiger partial charge in [-0.05, 0) is 31.0 Å². The van der Waals surface area contributed by atoms with Crippen LogP contribution >= 0.6 is 0 Å². The summed E-state index contributed by atoms with van der Waals surface area (Å²) >= 11 is 0. The maximum absolute atomic E-state index is 14.4. The van der Waals surface area contributed by atoms with Crippen LogP contribution in [0.15, 0.2) is 47.1 Å². The molecule has 0 spiro atoms. The molecule has 2 aromatic heterocycles. The van der Waals surface area contributed by atoms with Crippen LogP contribution in [0.3, 0.4) is 0 Å². The molecule has 2 aliphatic rings. The Morgan fingerprint density at radius 3 is 2.74 bits per heavy atom. The Morgan fingerprint density at radius 1 is 1.06 bits per heavy atom. The summed E-state index contributed by atoms with van der Waals surface area (Å²) in [7, 11) is 0. The lowest BCUT2D eigenvalue weighted by molar-refractivity contribution is 0.170. The first-order valence-electron chi connectivity index (χ1n) is 10.2. The van der Waals surface area contributed by atoms with Gasteiger partial charge in [0.05, 0.1) is 23.2 Å². The standard InChI is InChI=1S/C23H19FN6O/c24-19-9-16(12-26)13-27-23(19)29-6-7-30-18(14-29)4-5-21(30)20-10-22(31-28-20)17-3-1-2-15(8-17)11-25/h1-3,8-10,13,18,21H,4-7,14H2/t18-,21-/m0/s1. The first-order valence-corrected chi connectivity index (χ1v) is 10.2. The van der Waals surface area contributed by atoms with Gasteiger partial charge >= 0.3 is 0 Å². The van der Waals surface area contributed by atoms with E-state index in [2.05, 4.69) is 21.1 Å². The van der Waals surface area contributed by atoms with Crippen molar-refractivity contribution >= 4 is 5.82 Å². The minimum atomic E-state index is -0.456. The van der Waals surface area contributed by atoms with E-state index in [1.54, 1.807) is 12.1 Å². The van der Waals surface area contributed by atoms with E-state index < -0.39 is 5.82 Å². The van der Waals surface area contributed by atoms with Crippen molar-refractivity contribution in [3.05, 3.63) is 65.2 Å². The second-order valence-corrected chi connectivity index (χ2v) is 7.88. The highest BCUT2D eigenvalue weighted by Gasteiger charge is 2.40. The Kier molecular flexibility index (Phi) is 4.85. The molecular formula is C23H19FN6O. The number of piperazine rings is 1. The number of aromatic nitrogens is 2. The van der Waals surface area contributed by atoms with E-state index >= 15 is 0 Å².